The molecular weight excluding hydrogens is 168 g/mol. The Morgan fingerprint density at radius 1 is 1.15 bits per heavy atom. The Bertz CT molecular complexity index is 134. The van der Waals surface area contributed by atoms with Crippen LogP contribution in [0.2, 0.25) is 0 Å². The first-order valence-corrected chi connectivity index (χ1v) is 4.16. The molecule has 0 saturated carbocycles. The minimum absolute atomic E-state index is 0.500. The first-order chi connectivity index (χ1) is 6.14. The average Bonchev–Trinajstić information content (AvgIpc) is 2.07. The summed E-state index contributed by atoms with van der Waals surface area (Å²) in [4.78, 5) is 16.5. The first kappa shape index (κ1) is 17.7. The van der Waals surface area contributed by atoms with Crippen LogP contribution in [0.15, 0.2) is 0 Å². The summed E-state index contributed by atoms with van der Waals surface area (Å²) in [5.74, 6) is 0.949. The van der Waals surface area contributed by atoms with Gasteiger partial charge in [-0.1, -0.05) is 40.0 Å². The Balaban J connectivity index is -0.000000140. The molecule has 13 heavy (non-hydrogen) atoms. The van der Waals surface area contributed by atoms with Crippen LogP contribution < -0.4 is 0 Å². The third-order valence-electron chi connectivity index (χ3n) is 1.48. The highest BCUT2D eigenvalue weighted by Gasteiger charge is 1.92. The van der Waals surface area contributed by atoms with E-state index < -0.39 is 0 Å². The van der Waals surface area contributed by atoms with E-state index in [1.807, 2.05) is 0 Å². The molecule has 0 N–H and O–H groups in total. The van der Waals surface area contributed by atoms with Crippen LogP contribution in [0.4, 0.5) is 0 Å². The fourth-order valence-corrected chi connectivity index (χ4v) is 0.697. The predicted octanol–water partition coefficient (Wildman–Crippen LogP) is 2.62. The maximum Gasteiger partial charge on any atom is -0.0159 e. The molecule has 0 aromatic carbocycles. The van der Waals surface area contributed by atoms with Gasteiger partial charge in [0.2, 0.25) is 0 Å². The number of carbonyl (C=O) groups excluding carboxylic acids is 2. The topological polar surface area (TPSA) is 78.7 Å². The van der Waals surface area contributed by atoms with Gasteiger partial charge in [0.15, 0.2) is 0 Å². The van der Waals surface area contributed by atoms with Crippen molar-refractivity contribution in [1.82, 2.24) is 0 Å². The van der Waals surface area contributed by atoms with Crippen LogP contribution in [0.3, 0.4) is 0 Å². The van der Waals surface area contributed by atoms with E-state index in [2.05, 4.69) is 20.8 Å². The molecule has 0 aliphatic carbocycles. The molecule has 76 valence electrons. The van der Waals surface area contributed by atoms with Gasteiger partial charge in [-0.05, 0) is 18.1 Å². The number of isocyanates is 2. The van der Waals surface area contributed by atoms with Crippen molar-refractivity contribution in [3.8, 4) is 0 Å². The zero-order chi connectivity index (χ0) is 11.1. The molecule has 0 amide bonds. The molecule has 0 spiro atoms. The van der Waals surface area contributed by atoms with Crippen LogP contribution in [0.5, 0.6) is 0 Å². The van der Waals surface area contributed by atoms with Gasteiger partial charge in [0.05, 0.1) is 0 Å². The largest absolute Gasteiger partial charge is 0.724 e. The Hall–Kier alpha value is -1.24. The van der Waals surface area contributed by atoms with Crippen molar-refractivity contribution >= 4 is 12.2 Å². The van der Waals surface area contributed by atoms with Gasteiger partial charge >= 0.3 is 0 Å². The molecule has 4 heteroatoms. The molecule has 0 saturated heterocycles. The highest BCUT2D eigenvalue weighted by Crippen LogP contribution is 2.07. The maximum absolute atomic E-state index is 8.24. The zero-order valence-corrected chi connectivity index (χ0v) is 8.41. The minimum Gasteiger partial charge on any atom is -0.724 e. The quantitative estimate of drug-likeness (QED) is 0.499. The summed E-state index contributed by atoms with van der Waals surface area (Å²) in [6.45, 7) is 6.80. The summed E-state index contributed by atoms with van der Waals surface area (Å²) >= 11 is 0. The van der Waals surface area contributed by atoms with Crippen molar-refractivity contribution < 1.29 is 9.59 Å². The standard InChI is InChI=1S/C7H16.2CNO/c1-4-6-7(3)5-2;2*2-1-3/h7H,4-6H2,1-3H3;;/q;2*-1. The summed E-state index contributed by atoms with van der Waals surface area (Å²) in [6, 6.07) is 0. The summed E-state index contributed by atoms with van der Waals surface area (Å²) in [7, 11) is 0. The van der Waals surface area contributed by atoms with Crippen LogP contribution in [-0.4, -0.2) is 12.2 Å². The Morgan fingerprint density at radius 3 is 1.54 bits per heavy atom. The lowest BCUT2D eigenvalue weighted by Crippen LogP contribution is -1.88. The molecule has 0 heterocycles. The molecule has 1 atom stereocenters. The fraction of sp³-hybridized carbons (Fsp3) is 0.778. The van der Waals surface area contributed by atoms with E-state index in [4.69, 9.17) is 20.4 Å². The molecule has 0 aliphatic rings. The minimum atomic E-state index is 0.500. The average molecular weight is 184 g/mol. The first-order valence-electron chi connectivity index (χ1n) is 4.16. The van der Waals surface area contributed by atoms with Crippen molar-refractivity contribution in [1.29, 1.82) is 0 Å². The molecule has 0 fully saturated rings. The molecule has 0 aliphatic heterocycles. The lowest BCUT2D eigenvalue weighted by atomic mass is 10.0. The molecule has 0 aromatic rings. The van der Waals surface area contributed by atoms with Gasteiger partial charge < -0.3 is 10.8 Å². The van der Waals surface area contributed by atoms with Crippen molar-refractivity contribution in [2.24, 2.45) is 5.92 Å². The van der Waals surface area contributed by atoms with E-state index in [1.165, 1.54) is 19.3 Å². The highest BCUT2D eigenvalue weighted by atomic mass is 16.1. The molecule has 0 aromatic heterocycles. The number of hydrogen-bond acceptors (Lipinski definition) is 2. The van der Waals surface area contributed by atoms with Crippen LogP contribution in [-0.2, 0) is 9.59 Å². The van der Waals surface area contributed by atoms with Crippen LogP contribution in [0, 0.1) is 5.92 Å². The number of nitrogens with zero attached hydrogens (tertiary/aromatic N) is 2. The molecule has 1 unspecified atom stereocenters. The van der Waals surface area contributed by atoms with E-state index in [0.29, 0.717) is 12.2 Å². The van der Waals surface area contributed by atoms with Gasteiger partial charge in [0.25, 0.3) is 0 Å². The maximum atomic E-state index is 8.24. The van der Waals surface area contributed by atoms with Crippen molar-refractivity contribution in [2.75, 3.05) is 0 Å². The van der Waals surface area contributed by atoms with Gasteiger partial charge in [-0.2, -0.15) is 0 Å². The SMILES string of the molecule is CCCC(C)CC.[N-]=C=O.[N-]=C=O. The Morgan fingerprint density at radius 2 is 1.46 bits per heavy atom. The third kappa shape index (κ3) is 58.4. The second kappa shape index (κ2) is 22.4. The molecule has 0 radical (unpaired) electrons. The second-order valence-corrected chi connectivity index (χ2v) is 2.48. The number of hydrogen-bond donors (Lipinski definition) is 0. The van der Waals surface area contributed by atoms with Gasteiger partial charge in [0, 0.05) is 0 Å². The lowest BCUT2D eigenvalue weighted by molar-refractivity contribution is 0.509. The van der Waals surface area contributed by atoms with Crippen LogP contribution >= 0.6 is 0 Å². The summed E-state index contributed by atoms with van der Waals surface area (Å²) < 4.78 is 0. The third-order valence-corrected chi connectivity index (χ3v) is 1.48. The van der Waals surface area contributed by atoms with E-state index in [1.54, 1.807) is 0 Å². The number of rotatable bonds is 3. The predicted molar refractivity (Wildman–Crippen MR) is 52.5 cm³/mol. The summed E-state index contributed by atoms with van der Waals surface area (Å²) in [5.41, 5.74) is 0. The molecule has 0 rings (SSSR count). The molecular formula is C9H16N2O2-2. The lowest BCUT2D eigenvalue weighted by Gasteiger charge is -2.02. The zero-order valence-electron chi connectivity index (χ0n) is 8.41. The van der Waals surface area contributed by atoms with Gasteiger partial charge in [-0.15, -0.1) is 0 Å². The Labute approximate surface area is 79.4 Å². The molecule has 4 nitrogen and oxygen atoms in total. The van der Waals surface area contributed by atoms with Gasteiger partial charge in [0.1, 0.15) is 0 Å². The van der Waals surface area contributed by atoms with Crippen molar-refractivity contribution in [3.63, 3.8) is 0 Å². The Kier molecular flexibility index (Phi) is 30.6. The van der Waals surface area contributed by atoms with Crippen LogP contribution in [0.1, 0.15) is 40.0 Å². The summed E-state index contributed by atoms with van der Waals surface area (Å²) in [5, 5.41) is 13.5. The summed E-state index contributed by atoms with van der Waals surface area (Å²) in [6.07, 6.45) is 5.08. The van der Waals surface area contributed by atoms with E-state index >= 15 is 0 Å². The van der Waals surface area contributed by atoms with Gasteiger partial charge in [-0.25, -0.2) is 0 Å². The van der Waals surface area contributed by atoms with E-state index in [0.717, 1.165) is 5.92 Å². The second-order valence-electron chi connectivity index (χ2n) is 2.48. The van der Waals surface area contributed by atoms with Gasteiger partial charge in [-0.3, -0.25) is 9.59 Å². The monoisotopic (exact) mass is 184 g/mol. The smallest absolute Gasteiger partial charge is 0.0159 e. The highest BCUT2D eigenvalue weighted by molar-refractivity contribution is 5.37. The van der Waals surface area contributed by atoms with Crippen molar-refractivity contribution in [2.45, 2.75) is 40.0 Å². The van der Waals surface area contributed by atoms with E-state index in [-0.39, 0.29) is 0 Å². The normalized spacial score (nSPS) is 8.85. The van der Waals surface area contributed by atoms with Crippen LogP contribution in [0.25, 0.3) is 10.8 Å². The fourth-order valence-electron chi connectivity index (χ4n) is 0.697. The molecule has 0 bridgehead atoms. The van der Waals surface area contributed by atoms with Crippen molar-refractivity contribution in [3.05, 3.63) is 10.8 Å². The van der Waals surface area contributed by atoms with E-state index in [9.17, 15) is 0 Å².